The number of aryl methyl sites for hydroxylation is 2. The molecule has 0 fully saturated rings. The first kappa shape index (κ1) is 12.3. The van der Waals surface area contributed by atoms with Gasteiger partial charge in [-0.05, 0) is 43.5 Å². The maximum Gasteiger partial charge on any atom is 0.186 e. The Labute approximate surface area is 107 Å². The van der Waals surface area contributed by atoms with Crippen molar-refractivity contribution in [1.29, 1.82) is 5.26 Å². The highest BCUT2D eigenvalue weighted by molar-refractivity contribution is 5.41. The van der Waals surface area contributed by atoms with Gasteiger partial charge in [-0.25, -0.2) is 4.68 Å². The van der Waals surface area contributed by atoms with Gasteiger partial charge in [0.05, 0.1) is 11.4 Å². The number of hydrogen-bond donors (Lipinski definition) is 0. The molecular weight excluding hydrogens is 224 g/mol. The molecule has 0 aliphatic rings. The van der Waals surface area contributed by atoms with Crippen molar-refractivity contribution in [3.63, 3.8) is 0 Å². The van der Waals surface area contributed by atoms with E-state index in [1.165, 1.54) is 11.1 Å². The van der Waals surface area contributed by atoms with Crippen LogP contribution < -0.4 is 0 Å². The summed E-state index contributed by atoms with van der Waals surface area (Å²) >= 11 is 0. The molecule has 0 spiro atoms. The molecule has 0 unspecified atom stereocenters. The fourth-order valence-corrected chi connectivity index (χ4v) is 2.13. The fourth-order valence-electron chi connectivity index (χ4n) is 2.13. The van der Waals surface area contributed by atoms with Gasteiger partial charge in [-0.2, -0.15) is 5.26 Å². The van der Waals surface area contributed by atoms with E-state index in [0.717, 1.165) is 24.2 Å². The summed E-state index contributed by atoms with van der Waals surface area (Å²) in [5.74, 6) is 0. The number of aromatic nitrogens is 3. The molecule has 0 radical (unpaired) electrons. The summed E-state index contributed by atoms with van der Waals surface area (Å²) in [4.78, 5) is 0. The highest BCUT2D eigenvalue weighted by atomic mass is 15.4. The van der Waals surface area contributed by atoms with Crippen LogP contribution in [0.1, 0.15) is 35.9 Å². The van der Waals surface area contributed by atoms with Crippen LogP contribution >= 0.6 is 0 Å². The van der Waals surface area contributed by atoms with Crippen LogP contribution in [0, 0.1) is 25.2 Å². The van der Waals surface area contributed by atoms with Crippen LogP contribution in [0.25, 0.3) is 5.69 Å². The molecule has 4 heteroatoms. The van der Waals surface area contributed by atoms with Gasteiger partial charge in [0.25, 0.3) is 0 Å². The van der Waals surface area contributed by atoms with Gasteiger partial charge >= 0.3 is 0 Å². The SMILES string of the molecule is CCCc1c(C#N)nnn1-c1cc(C)cc(C)c1. The van der Waals surface area contributed by atoms with Crippen LogP contribution in [0.15, 0.2) is 18.2 Å². The number of rotatable bonds is 3. The minimum atomic E-state index is 0.427. The maximum absolute atomic E-state index is 9.05. The number of nitriles is 1. The van der Waals surface area contributed by atoms with Gasteiger partial charge in [0.15, 0.2) is 5.69 Å². The molecular formula is C14H16N4. The summed E-state index contributed by atoms with van der Waals surface area (Å²) in [5, 5.41) is 17.1. The van der Waals surface area contributed by atoms with Gasteiger partial charge in [0, 0.05) is 0 Å². The summed E-state index contributed by atoms with van der Waals surface area (Å²) in [6, 6.07) is 8.34. The lowest BCUT2D eigenvalue weighted by molar-refractivity contribution is 0.744. The molecule has 0 saturated carbocycles. The normalized spacial score (nSPS) is 10.3. The molecule has 0 bridgehead atoms. The molecule has 0 saturated heterocycles. The Bertz CT molecular complexity index is 584. The van der Waals surface area contributed by atoms with E-state index in [9.17, 15) is 0 Å². The Hall–Kier alpha value is -2.15. The first-order valence-electron chi connectivity index (χ1n) is 6.09. The minimum absolute atomic E-state index is 0.427. The van der Waals surface area contributed by atoms with Crippen LogP contribution in [0.5, 0.6) is 0 Å². The Kier molecular flexibility index (Phi) is 3.42. The quantitative estimate of drug-likeness (QED) is 0.828. The number of benzene rings is 1. The zero-order chi connectivity index (χ0) is 13.1. The van der Waals surface area contributed by atoms with E-state index >= 15 is 0 Å². The van der Waals surface area contributed by atoms with Gasteiger partial charge in [-0.1, -0.05) is 24.6 Å². The van der Waals surface area contributed by atoms with E-state index in [1.807, 2.05) is 0 Å². The molecule has 1 aromatic heterocycles. The van der Waals surface area contributed by atoms with E-state index in [1.54, 1.807) is 4.68 Å². The molecule has 4 nitrogen and oxygen atoms in total. The predicted octanol–water partition coefficient (Wildman–Crippen LogP) is 2.71. The fraction of sp³-hybridized carbons (Fsp3) is 0.357. The molecule has 2 aromatic rings. The first-order chi connectivity index (χ1) is 8.65. The Balaban J connectivity index is 2.56. The second-order valence-corrected chi connectivity index (χ2v) is 4.50. The molecule has 0 aliphatic carbocycles. The second kappa shape index (κ2) is 5.01. The van der Waals surface area contributed by atoms with Gasteiger partial charge in [-0.15, -0.1) is 5.10 Å². The summed E-state index contributed by atoms with van der Waals surface area (Å²) < 4.78 is 1.78. The van der Waals surface area contributed by atoms with Gasteiger partial charge < -0.3 is 0 Å². The molecule has 0 atom stereocenters. The maximum atomic E-state index is 9.05. The molecule has 0 N–H and O–H groups in total. The number of nitrogens with zero attached hydrogens (tertiary/aromatic N) is 4. The van der Waals surface area contributed by atoms with Crippen LogP contribution in [0.2, 0.25) is 0 Å². The Morgan fingerprint density at radius 1 is 1.22 bits per heavy atom. The van der Waals surface area contributed by atoms with Crippen molar-refractivity contribution in [2.75, 3.05) is 0 Å². The van der Waals surface area contributed by atoms with Crippen molar-refractivity contribution < 1.29 is 0 Å². The lowest BCUT2D eigenvalue weighted by Crippen LogP contribution is -2.03. The summed E-state index contributed by atoms with van der Waals surface area (Å²) in [5.41, 5.74) is 4.66. The van der Waals surface area contributed by atoms with Crippen molar-refractivity contribution in [1.82, 2.24) is 15.0 Å². The smallest absolute Gasteiger partial charge is 0.186 e. The third-order valence-electron chi connectivity index (χ3n) is 2.81. The topological polar surface area (TPSA) is 54.5 Å². The Morgan fingerprint density at radius 2 is 1.89 bits per heavy atom. The number of hydrogen-bond acceptors (Lipinski definition) is 3. The van der Waals surface area contributed by atoms with E-state index < -0.39 is 0 Å². The molecule has 0 aliphatic heterocycles. The van der Waals surface area contributed by atoms with Crippen LogP contribution in [-0.2, 0) is 6.42 Å². The average molecular weight is 240 g/mol. The second-order valence-electron chi connectivity index (χ2n) is 4.50. The highest BCUT2D eigenvalue weighted by Crippen LogP contribution is 2.17. The van der Waals surface area contributed by atoms with Gasteiger partial charge in [-0.3, -0.25) is 0 Å². The van der Waals surface area contributed by atoms with E-state index in [0.29, 0.717) is 5.69 Å². The van der Waals surface area contributed by atoms with Crippen molar-refractivity contribution in [3.05, 3.63) is 40.7 Å². The first-order valence-corrected chi connectivity index (χ1v) is 6.09. The zero-order valence-electron chi connectivity index (χ0n) is 10.9. The van der Waals surface area contributed by atoms with E-state index in [4.69, 9.17) is 5.26 Å². The molecule has 0 amide bonds. The lowest BCUT2D eigenvalue weighted by Gasteiger charge is -2.07. The molecule has 1 aromatic carbocycles. The van der Waals surface area contributed by atoms with Gasteiger partial charge in [0.1, 0.15) is 6.07 Å². The van der Waals surface area contributed by atoms with Crippen molar-refractivity contribution in [2.24, 2.45) is 0 Å². The summed E-state index contributed by atoms with van der Waals surface area (Å²) in [7, 11) is 0. The van der Waals surface area contributed by atoms with Crippen molar-refractivity contribution in [3.8, 4) is 11.8 Å². The minimum Gasteiger partial charge on any atom is -0.216 e. The van der Waals surface area contributed by atoms with E-state index in [2.05, 4.69) is 55.4 Å². The zero-order valence-corrected chi connectivity index (χ0v) is 10.9. The third kappa shape index (κ3) is 2.25. The monoisotopic (exact) mass is 240 g/mol. The van der Waals surface area contributed by atoms with Crippen molar-refractivity contribution >= 4 is 0 Å². The summed E-state index contributed by atoms with van der Waals surface area (Å²) in [6.45, 7) is 6.19. The molecule has 92 valence electrons. The molecule has 1 heterocycles. The standard InChI is InChI=1S/C14H16N4/c1-4-5-14-13(9-15)16-17-18(14)12-7-10(2)6-11(3)8-12/h6-8H,4-5H2,1-3H3. The molecule has 18 heavy (non-hydrogen) atoms. The average Bonchev–Trinajstić information content (AvgIpc) is 2.71. The Morgan fingerprint density at radius 3 is 2.44 bits per heavy atom. The van der Waals surface area contributed by atoms with Crippen LogP contribution in [-0.4, -0.2) is 15.0 Å². The van der Waals surface area contributed by atoms with Crippen molar-refractivity contribution in [2.45, 2.75) is 33.6 Å². The highest BCUT2D eigenvalue weighted by Gasteiger charge is 2.13. The molecule has 2 rings (SSSR count). The van der Waals surface area contributed by atoms with Crippen LogP contribution in [0.4, 0.5) is 0 Å². The van der Waals surface area contributed by atoms with Crippen LogP contribution in [0.3, 0.4) is 0 Å². The van der Waals surface area contributed by atoms with E-state index in [-0.39, 0.29) is 0 Å². The predicted molar refractivity (Wildman–Crippen MR) is 69.5 cm³/mol. The third-order valence-corrected chi connectivity index (χ3v) is 2.81. The van der Waals surface area contributed by atoms with Gasteiger partial charge in [0.2, 0.25) is 0 Å². The largest absolute Gasteiger partial charge is 0.216 e. The lowest BCUT2D eigenvalue weighted by atomic mass is 10.1. The summed E-state index contributed by atoms with van der Waals surface area (Å²) in [6.07, 6.45) is 1.77.